The molecule has 0 heterocycles. The lowest BCUT2D eigenvalue weighted by Crippen LogP contribution is -2.42. The maximum Gasteiger partial charge on any atom is 0.490 e. The van der Waals surface area contributed by atoms with Crippen LogP contribution in [0, 0.1) is 0 Å². The average Bonchev–Trinajstić information content (AvgIpc) is 2.52. The van der Waals surface area contributed by atoms with Crippen molar-refractivity contribution >= 4 is 28.3 Å². The zero-order chi connectivity index (χ0) is 18.1. The standard InChI is InChI=1S/C14H14ClNO.C2HF3O2/c15-13-12-9(7-11(16)14(13)17)6-5-8-3-1-2-4-10(8)12;3-2(4,5)1(6)7/h1-6,11,13-14,17H,7,16H2;(H,6,7). The number of carboxylic acids is 1. The Morgan fingerprint density at radius 2 is 1.79 bits per heavy atom. The van der Waals surface area contributed by atoms with E-state index in [1.807, 2.05) is 18.2 Å². The van der Waals surface area contributed by atoms with E-state index in [1.165, 1.54) is 0 Å². The van der Waals surface area contributed by atoms with Crippen molar-refractivity contribution in [2.75, 3.05) is 0 Å². The average molecular weight is 362 g/mol. The summed E-state index contributed by atoms with van der Waals surface area (Å²) in [4.78, 5) is 8.90. The fourth-order valence-corrected chi connectivity index (χ4v) is 3.05. The molecule has 0 aliphatic heterocycles. The number of fused-ring (bicyclic) bond motifs is 3. The molecule has 8 heteroatoms. The number of carboxylic acid groups (broad SMARTS) is 1. The summed E-state index contributed by atoms with van der Waals surface area (Å²) in [6.07, 6.45) is -5.07. The summed E-state index contributed by atoms with van der Waals surface area (Å²) >= 11 is 6.34. The first-order valence-electron chi connectivity index (χ1n) is 7.01. The van der Waals surface area contributed by atoms with Crippen molar-refractivity contribution in [3.63, 3.8) is 0 Å². The van der Waals surface area contributed by atoms with E-state index in [-0.39, 0.29) is 6.04 Å². The summed E-state index contributed by atoms with van der Waals surface area (Å²) in [6.45, 7) is 0. The fraction of sp³-hybridized carbons (Fsp3) is 0.312. The molecule has 0 saturated carbocycles. The number of aliphatic hydroxyl groups excluding tert-OH is 1. The van der Waals surface area contributed by atoms with Crippen molar-refractivity contribution < 1.29 is 28.2 Å². The number of alkyl halides is 4. The van der Waals surface area contributed by atoms with E-state index >= 15 is 0 Å². The monoisotopic (exact) mass is 361 g/mol. The summed E-state index contributed by atoms with van der Waals surface area (Å²) < 4.78 is 31.7. The minimum atomic E-state index is -5.08. The molecule has 2 aromatic carbocycles. The summed E-state index contributed by atoms with van der Waals surface area (Å²) in [5.41, 5.74) is 8.09. The van der Waals surface area contributed by atoms with Gasteiger partial charge in [0.2, 0.25) is 0 Å². The van der Waals surface area contributed by atoms with E-state index in [2.05, 4.69) is 18.2 Å². The lowest BCUT2D eigenvalue weighted by Gasteiger charge is -2.32. The minimum Gasteiger partial charge on any atom is -0.475 e. The number of aliphatic carboxylic acids is 1. The molecule has 1 aliphatic rings. The molecule has 0 spiro atoms. The van der Waals surface area contributed by atoms with Crippen LogP contribution in [-0.2, 0) is 11.2 Å². The molecule has 0 saturated heterocycles. The van der Waals surface area contributed by atoms with Gasteiger partial charge in [-0.2, -0.15) is 13.2 Å². The predicted octanol–water partition coefficient (Wildman–Crippen LogP) is 3.00. The highest BCUT2D eigenvalue weighted by Gasteiger charge is 2.38. The molecular formula is C16H15ClF3NO3. The highest BCUT2D eigenvalue weighted by atomic mass is 35.5. The van der Waals surface area contributed by atoms with Gasteiger partial charge >= 0.3 is 12.1 Å². The molecule has 2 aromatic rings. The van der Waals surface area contributed by atoms with Crippen LogP contribution in [-0.4, -0.2) is 34.5 Å². The van der Waals surface area contributed by atoms with E-state index < -0.39 is 23.6 Å². The normalized spacial score (nSPS) is 23.2. The number of aliphatic hydroxyl groups is 1. The fourth-order valence-electron chi connectivity index (χ4n) is 2.61. The Hall–Kier alpha value is -1.83. The third-order valence-corrected chi connectivity index (χ3v) is 4.25. The Kier molecular flexibility index (Phi) is 5.37. The van der Waals surface area contributed by atoms with Crippen LogP contribution in [0.15, 0.2) is 36.4 Å². The number of rotatable bonds is 0. The Balaban J connectivity index is 0.000000256. The maximum absolute atomic E-state index is 10.6. The Bertz CT molecular complexity index is 751. The second-order valence-corrected chi connectivity index (χ2v) is 5.89. The van der Waals surface area contributed by atoms with Crippen LogP contribution >= 0.6 is 11.6 Å². The number of hydrogen-bond donors (Lipinski definition) is 3. The van der Waals surface area contributed by atoms with Crippen LogP contribution in [0.5, 0.6) is 0 Å². The summed E-state index contributed by atoms with van der Waals surface area (Å²) in [7, 11) is 0. The topological polar surface area (TPSA) is 83.5 Å². The molecule has 0 fully saturated rings. The van der Waals surface area contributed by atoms with Crippen molar-refractivity contribution in [2.24, 2.45) is 5.73 Å². The van der Waals surface area contributed by atoms with Gasteiger partial charge in [-0.1, -0.05) is 36.4 Å². The number of carbonyl (C=O) groups is 1. The van der Waals surface area contributed by atoms with Crippen LogP contribution in [0.25, 0.3) is 10.8 Å². The predicted molar refractivity (Wildman–Crippen MR) is 83.9 cm³/mol. The van der Waals surface area contributed by atoms with Crippen LogP contribution in [0.3, 0.4) is 0 Å². The third-order valence-electron chi connectivity index (χ3n) is 3.77. The first-order valence-corrected chi connectivity index (χ1v) is 7.45. The smallest absolute Gasteiger partial charge is 0.475 e. The van der Waals surface area contributed by atoms with Crippen molar-refractivity contribution in [3.8, 4) is 0 Å². The molecule has 4 nitrogen and oxygen atoms in total. The van der Waals surface area contributed by atoms with E-state index in [0.717, 1.165) is 21.9 Å². The molecule has 24 heavy (non-hydrogen) atoms. The number of benzene rings is 2. The van der Waals surface area contributed by atoms with E-state index in [1.54, 1.807) is 0 Å². The van der Waals surface area contributed by atoms with Gasteiger partial charge in [-0.05, 0) is 28.3 Å². The lowest BCUT2D eigenvalue weighted by molar-refractivity contribution is -0.192. The van der Waals surface area contributed by atoms with Gasteiger partial charge in [0.05, 0.1) is 11.5 Å². The lowest BCUT2D eigenvalue weighted by atomic mass is 9.83. The molecule has 1 aliphatic carbocycles. The van der Waals surface area contributed by atoms with Gasteiger partial charge < -0.3 is 15.9 Å². The van der Waals surface area contributed by atoms with Gasteiger partial charge in [0.15, 0.2) is 0 Å². The van der Waals surface area contributed by atoms with Crippen molar-refractivity contribution in [1.29, 1.82) is 0 Å². The van der Waals surface area contributed by atoms with E-state index in [0.29, 0.717) is 6.42 Å². The Labute approximate surface area is 140 Å². The van der Waals surface area contributed by atoms with Crippen molar-refractivity contribution in [3.05, 3.63) is 47.5 Å². The minimum absolute atomic E-state index is 0.272. The molecule has 4 N–H and O–H groups in total. The first kappa shape index (κ1) is 18.5. The second-order valence-electron chi connectivity index (χ2n) is 5.42. The molecule has 3 atom stereocenters. The molecule has 130 valence electrons. The quantitative estimate of drug-likeness (QED) is 0.630. The molecule has 0 amide bonds. The van der Waals surface area contributed by atoms with Gasteiger partial charge in [-0.15, -0.1) is 11.6 Å². The molecule has 3 unspecified atom stereocenters. The third kappa shape index (κ3) is 3.80. The maximum atomic E-state index is 10.6. The van der Waals surface area contributed by atoms with Gasteiger partial charge in [0.25, 0.3) is 0 Å². The number of hydrogen-bond acceptors (Lipinski definition) is 3. The van der Waals surface area contributed by atoms with Crippen LogP contribution in [0.1, 0.15) is 16.5 Å². The molecule has 3 rings (SSSR count). The largest absolute Gasteiger partial charge is 0.490 e. The van der Waals surface area contributed by atoms with Crippen molar-refractivity contribution in [2.45, 2.75) is 30.1 Å². The Morgan fingerprint density at radius 1 is 1.21 bits per heavy atom. The summed E-state index contributed by atoms with van der Waals surface area (Å²) in [5.74, 6) is -2.76. The molecular weight excluding hydrogens is 347 g/mol. The Morgan fingerprint density at radius 3 is 2.38 bits per heavy atom. The zero-order valence-electron chi connectivity index (χ0n) is 12.3. The zero-order valence-corrected chi connectivity index (χ0v) is 13.1. The van der Waals surface area contributed by atoms with Crippen molar-refractivity contribution in [1.82, 2.24) is 0 Å². The van der Waals surface area contributed by atoms with Gasteiger partial charge in [-0.3, -0.25) is 0 Å². The molecule has 0 bridgehead atoms. The molecule has 0 radical (unpaired) electrons. The SMILES string of the molecule is NC1Cc2ccc3ccccc3c2C(Cl)C1O.O=C(O)C(F)(F)F. The van der Waals surface area contributed by atoms with Gasteiger partial charge in [0, 0.05) is 6.04 Å². The van der Waals surface area contributed by atoms with Crippen LogP contribution in [0.4, 0.5) is 13.2 Å². The number of halogens is 4. The summed E-state index contributed by atoms with van der Waals surface area (Å²) in [5, 5.41) is 19.0. The van der Waals surface area contributed by atoms with Gasteiger partial charge in [0.1, 0.15) is 0 Å². The summed E-state index contributed by atoms with van der Waals surface area (Å²) in [6, 6.07) is 12.0. The van der Waals surface area contributed by atoms with E-state index in [4.69, 9.17) is 27.2 Å². The van der Waals surface area contributed by atoms with Crippen LogP contribution < -0.4 is 5.73 Å². The first-order chi connectivity index (χ1) is 11.1. The molecule has 0 aromatic heterocycles. The highest BCUT2D eigenvalue weighted by molar-refractivity contribution is 6.22. The number of nitrogens with two attached hydrogens (primary N) is 1. The second kappa shape index (κ2) is 6.96. The van der Waals surface area contributed by atoms with Crippen LogP contribution in [0.2, 0.25) is 0 Å². The highest BCUT2D eigenvalue weighted by Crippen LogP contribution is 2.38. The van der Waals surface area contributed by atoms with E-state index in [9.17, 15) is 18.3 Å². The van der Waals surface area contributed by atoms with Gasteiger partial charge in [-0.25, -0.2) is 4.79 Å².